The van der Waals surface area contributed by atoms with Crippen molar-refractivity contribution < 1.29 is 22.7 Å². The maximum Gasteiger partial charge on any atom is 0.573 e. The van der Waals surface area contributed by atoms with Crippen LogP contribution in [-0.4, -0.2) is 17.3 Å². The van der Waals surface area contributed by atoms with E-state index in [1.807, 2.05) is 0 Å². The Bertz CT molecular complexity index is 888. The molecule has 3 rings (SSSR count). The van der Waals surface area contributed by atoms with E-state index in [1.165, 1.54) is 30.5 Å². The molecule has 1 aliphatic rings. The first-order valence-electron chi connectivity index (χ1n) is 8.55. The molecule has 1 aromatic heterocycles. The minimum absolute atomic E-state index is 0.273. The van der Waals surface area contributed by atoms with Crippen LogP contribution in [0.15, 0.2) is 47.4 Å². The minimum Gasteiger partial charge on any atom is -0.406 e. The molecule has 8 heteroatoms. The van der Waals surface area contributed by atoms with Crippen LogP contribution in [0.1, 0.15) is 43.4 Å². The number of carbonyl (C=O) groups is 1. The van der Waals surface area contributed by atoms with E-state index >= 15 is 0 Å². The average Bonchev–Trinajstić information content (AvgIpc) is 2.52. The molecule has 1 unspecified atom stereocenters. The summed E-state index contributed by atoms with van der Waals surface area (Å²) in [6.45, 7) is 1.75. The van der Waals surface area contributed by atoms with Crippen LogP contribution in [0.5, 0.6) is 5.75 Å². The number of alkyl halides is 3. The highest BCUT2D eigenvalue weighted by atomic mass is 19.4. The zero-order valence-corrected chi connectivity index (χ0v) is 14.6. The number of halogens is 3. The van der Waals surface area contributed by atoms with Crippen LogP contribution in [0.25, 0.3) is 0 Å². The lowest BCUT2D eigenvalue weighted by atomic mass is 9.63. The number of aromatic nitrogens is 1. The Kier molecular flexibility index (Phi) is 4.99. The Balaban J connectivity index is 1.82. The predicted molar refractivity (Wildman–Crippen MR) is 92.3 cm³/mol. The van der Waals surface area contributed by atoms with Gasteiger partial charge in [0.05, 0.1) is 11.5 Å². The molecule has 1 aromatic carbocycles. The molecule has 1 aliphatic carbocycles. The number of ether oxygens (including phenoxy) is 1. The van der Waals surface area contributed by atoms with Gasteiger partial charge in [-0.2, -0.15) is 0 Å². The summed E-state index contributed by atoms with van der Waals surface area (Å²) in [5.74, 6) is -0.618. The summed E-state index contributed by atoms with van der Waals surface area (Å²) in [5, 5.41) is 2.88. The fraction of sp³-hybridized carbons (Fsp3) is 0.368. The van der Waals surface area contributed by atoms with E-state index in [0.29, 0.717) is 24.0 Å². The summed E-state index contributed by atoms with van der Waals surface area (Å²) in [7, 11) is 0. The molecule has 2 aromatic rings. The van der Waals surface area contributed by atoms with Gasteiger partial charge in [0.15, 0.2) is 0 Å². The maximum absolute atomic E-state index is 13.0. The van der Waals surface area contributed by atoms with E-state index in [1.54, 1.807) is 19.1 Å². The third-order valence-electron chi connectivity index (χ3n) is 4.91. The summed E-state index contributed by atoms with van der Waals surface area (Å²) in [6.07, 6.45) is -1.41. The Morgan fingerprint density at radius 3 is 2.59 bits per heavy atom. The van der Waals surface area contributed by atoms with E-state index in [2.05, 4.69) is 15.0 Å². The van der Waals surface area contributed by atoms with Gasteiger partial charge in [-0.25, -0.2) is 0 Å². The fourth-order valence-electron chi connectivity index (χ4n) is 3.32. The van der Waals surface area contributed by atoms with Gasteiger partial charge in [-0.3, -0.25) is 9.59 Å². The second-order valence-electron chi connectivity index (χ2n) is 6.69. The van der Waals surface area contributed by atoms with E-state index in [-0.39, 0.29) is 17.2 Å². The zero-order valence-electron chi connectivity index (χ0n) is 14.6. The molecule has 5 nitrogen and oxygen atoms in total. The number of carbonyl (C=O) groups excluding carboxylic acids is 1. The molecular formula is C19H19F3N2O3. The van der Waals surface area contributed by atoms with Crippen molar-refractivity contribution in [3.63, 3.8) is 0 Å². The Hall–Kier alpha value is -2.77. The molecule has 27 heavy (non-hydrogen) atoms. The fourth-order valence-corrected chi connectivity index (χ4v) is 3.32. The summed E-state index contributed by atoms with van der Waals surface area (Å²) in [6, 6.07) is 8.24. The summed E-state index contributed by atoms with van der Waals surface area (Å²) in [5.41, 5.74) is -0.0220. The van der Waals surface area contributed by atoms with Crippen molar-refractivity contribution >= 4 is 5.91 Å². The van der Waals surface area contributed by atoms with Crippen LogP contribution < -0.4 is 15.6 Å². The first-order chi connectivity index (χ1) is 12.7. The monoisotopic (exact) mass is 380 g/mol. The van der Waals surface area contributed by atoms with Crippen LogP contribution in [0.3, 0.4) is 0 Å². The molecular weight excluding hydrogens is 361 g/mol. The Morgan fingerprint density at radius 1 is 1.26 bits per heavy atom. The lowest BCUT2D eigenvalue weighted by molar-refractivity contribution is -0.274. The van der Waals surface area contributed by atoms with Gasteiger partial charge in [0.2, 0.25) is 11.5 Å². The lowest BCUT2D eigenvalue weighted by Gasteiger charge is -2.41. The molecule has 0 spiro atoms. The second-order valence-corrected chi connectivity index (χ2v) is 6.69. The van der Waals surface area contributed by atoms with Crippen molar-refractivity contribution in [3.05, 3.63) is 64.1 Å². The number of nitrogens with one attached hydrogen (secondary N) is 2. The molecule has 1 atom stereocenters. The van der Waals surface area contributed by atoms with Gasteiger partial charge >= 0.3 is 6.36 Å². The summed E-state index contributed by atoms with van der Waals surface area (Å²) < 4.78 is 41.4. The number of H-pyrrole nitrogens is 1. The van der Waals surface area contributed by atoms with E-state index in [9.17, 15) is 22.8 Å². The Labute approximate surface area is 153 Å². The molecule has 1 fully saturated rings. The summed E-state index contributed by atoms with van der Waals surface area (Å²) >= 11 is 0. The molecule has 2 N–H and O–H groups in total. The molecule has 0 bridgehead atoms. The molecule has 144 valence electrons. The number of amides is 1. The van der Waals surface area contributed by atoms with Crippen molar-refractivity contribution in [1.29, 1.82) is 0 Å². The van der Waals surface area contributed by atoms with Gasteiger partial charge in [-0.15, -0.1) is 13.2 Å². The average molecular weight is 380 g/mol. The molecule has 0 saturated heterocycles. The van der Waals surface area contributed by atoms with Gasteiger partial charge < -0.3 is 15.0 Å². The maximum atomic E-state index is 13.0. The highest BCUT2D eigenvalue weighted by Crippen LogP contribution is 2.45. The predicted octanol–water partition coefficient (Wildman–Crippen LogP) is 3.57. The normalized spacial score (nSPS) is 16.9. The first-order valence-corrected chi connectivity index (χ1v) is 8.55. The van der Waals surface area contributed by atoms with Crippen molar-refractivity contribution in [2.45, 2.75) is 44.0 Å². The number of hydrogen-bond donors (Lipinski definition) is 2. The van der Waals surface area contributed by atoms with Gasteiger partial charge in [0.25, 0.3) is 0 Å². The molecule has 1 amide bonds. The van der Waals surface area contributed by atoms with Gasteiger partial charge in [-0.1, -0.05) is 18.6 Å². The van der Waals surface area contributed by atoms with Gasteiger partial charge in [0, 0.05) is 12.3 Å². The standard InChI is InChI=1S/C19H19F3N2O3/c1-12(13-6-9-23-16(25)10-13)24-17(26)18(7-3-8-18)14-4-2-5-15(11-14)27-19(20,21)22/h2,4-6,9-12H,3,7-8H2,1H3,(H,23,25)(H,24,26). The third-order valence-corrected chi connectivity index (χ3v) is 4.91. The molecule has 0 aliphatic heterocycles. The first kappa shape index (κ1) is 19.0. The van der Waals surface area contributed by atoms with Crippen LogP contribution in [0.4, 0.5) is 13.2 Å². The Morgan fingerprint density at radius 2 is 2.00 bits per heavy atom. The topological polar surface area (TPSA) is 71.2 Å². The van der Waals surface area contributed by atoms with Crippen LogP contribution in [0.2, 0.25) is 0 Å². The van der Waals surface area contributed by atoms with Crippen molar-refractivity contribution in [1.82, 2.24) is 10.3 Å². The quantitative estimate of drug-likeness (QED) is 0.833. The smallest absolute Gasteiger partial charge is 0.406 e. The molecule has 1 saturated carbocycles. The SMILES string of the molecule is CC(NC(=O)C1(c2cccc(OC(F)(F)F)c2)CCC1)c1cc[nH]c(=O)c1. The van der Waals surface area contributed by atoms with Crippen molar-refractivity contribution in [3.8, 4) is 5.75 Å². The number of benzene rings is 1. The van der Waals surface area contributed by atoms with E-state index < -0.39 is 17.8 Å². The number of rotatable bonds is 5. The zero-order chi connectivity index (χ0) is 19.7. The van der Waals surface area contributed by atoms with E-state index in [0.717, 1.165) is 6.42 Å². The van der Waals surface area contributed by atoms with Crippen LogP contribution in [0, 0.1) is 0 Å². The van der Waals surface area contributed by atoms with Gasteiger partial charge in [-0.05, 0) is 49.1 Å². The molecule has 0 radical (unpaired) electrons. The number of aromatic amines is 1. The number of hydrogen-bond acceptors (Lipinski definition) is 3. The van der Waals surface area contributed by atoms with Crippen molar-refractivity contribution in [2.24, 2.45) is 0 Å². The minimum atomic E-state index is -4.79. The summed E-state index contributed by atoms with van der Waals surface area (Å²) in [4.78, 5) is 26.9. The lowest BCUT2D eigenvalue weighted by Crippen LogP contribution is -2.49. The van der Waals surface area contributed by atoms with Crippen LogP contribution >= 0.6 is 0 Å². The third kappa shape index (κ3) is 4.15. The highest BCUT2D eigenvalue weighted by molar-refractivity contribution is 5.89. The van der Waals surface area contributed by atoms with Crippen LogP contribution in [-0.2, 0) is 10.2 Å². The largest absolute Gasteiger partial charge is 0.573 e. The highest BCUT2D eigenvalue weighted by Gasteiger charge is 2.46. The second kappa shape index (κ2) is 7.09. The van der Waals surface area contributed by atoms with Crippen molar-refractivity contribution in [2.75, 3.05) is 0 Å². The molecule has 1 heterocycles. The van der Waals surface area contributed by atoms with Gasteiger partial charge in [0.1, 0.15) is 5.75 Å². The van der Waals surface area contributed by atoms with E-state index in [4.69, 9.17) is 0 Å². The number of pyridine rings is 1.